The number of carbonyl (C=O) groups is 1. The van der Waals surface area contributed by atoms with Crippen molar-refractivity contribution in [3.63, 3.8) is 0 Å². The fraction of sp³-hybridized carbons (Fsp3) is 0. The van der Waals surface area contributed by atoms with Gasteiger partial charge in [-0.2, -0.15) is 0 Å². The van der Waals surface area contributed by atoms with E-state index in [4.69, 9.17) is 0 Å². The van der Waals surface area contributed by atoms with Crippen LogP contribution in [-0.2, 0) is 14.8 Å². The highest BCUT2D eigenvalue weighted by atomic mass is 32.2. The number of carboxylic acids is 1. The molecule has 2 rings (SSSR count). The quantitative estimate of drug-likeness (QED) is 0.474. The molecule has 24 heavy (non-hydrogen) atoms. The number of benzene rings is 2. The fourth-order valence-corrected chi connectivity index (χ4v) is 3.10. The lowest BCUT2D eigenvalue weighted by Crippen LogP contribution is -2.18. The highest BCUT2D eigenvalue weighted by molar-refractivity contribution is 7.92. The molecule has 0 radical (unpaired) electrons. The van der Waals surface area contributed by atoms with Crippen molar-refractivity contribution in [1.29, 1.82) is 0 Å². The first-order valence-electron chi connectivity index (χ1n) is 6.55. The first-order valence-corrected chi connectivity index (χ1v) is 8.03. The number of anilines is 1. The standard InChI is InChI=1S/C15H12N2O6S/c18-15(19)10-7-11-5-8-12(9-6-11)16-24(22,23)14-4-2-1-3-13(14)17(20)21/h1-10,16H,(H,18,19)/p-1/b10-7+. The predicted molar refractivity (Wildman–Crippen MR) is 84.4 cm³/mol. The van der Waals surface area contributed by atoms with Crippen molar-refractivity contribution in [1.82, 2.24) is 0 Å². The molecule has 0 atom stereocenters. The van der Waals surface area contributed by atoms with E-state index in [1.165, 1.54) is 42.5 Å². The minimum Gasteiger partial charge on any atom is -0.545 e. The van der Waals surface area contributed by atoms with Gasteiger partial charge in [-0.15, -0.1) is 0 Å². The van der Waals surface area contributed by atoms with Gasteiger partial charge in [0.05, 0.1) is 10.9 Å². The van der Waals surface area contributed by atoms with Gasteiger partial charge in [-0.05, 0) is 29.8 Å². The third-order valence-corrected chi connectivity index (χ3v) is 4.35. The van der Waals surface area contributed by atoms with Gasteiger partial charge in [0.2, 0.25) is 0 Å². The molecule has 0 unspecified atom stereocenters. The number of nitrogens with zero attached hydrogens (tertiary/aromatic N) is 1. The Labute approximate surface area is 137 Å². The minimum atomic E-state index is -4.14. The highest BCUT2D eigenvalue weighted by Gasteiger charge is 2.24. The lowest BCUT2D eigenvalue weighted by atomic mass is 10.2. The van der Waals surface area contributed by atoms with Gasteiger partial charge < -0.3 is 9.90 Å². The maximum Gasteiger partial charge on any atom is 0.289 e. The van der Waals surface area contributed by atoms with Crippen LogP contribution in [0.15, 0.2) is 59.5 Å². The molecule has 0 heterocycles. The lowest BCUT2D eigenvalue weighted by Gasteiger charge is -2.08. The molecule has 8 nitrogen and oxygen atoms in total. The summed E-state index contributed by atoms with van der Waals surface area (Å²) in [5.74, 6) is -1.35. The second kappa shape index (κ2) is 6.92. The summed E-state index contributed by atoms with van der Waals surface area (Å²) in [4.78, 5) is 20.0. The Morgan fingerprint density at radius 1 is 1.08 bits per heavy atom. The average molecular weight is 347 g/mol. The zero-order valence-electron chi connectivity index (χ0n) is 12.1. The van der Waals surface area contributed by atoms with Crippen molar-refractivity contribution >= 4 is 33.4 Å². The Bertz CT molecular complexity index is 904. The van der Waals surface area contributed by atoms with Crippen LogP contribution < -0.4 is 9.83 Å². The van der Waals surface area contributed by atoms with Crippen LogP contribution in [-0.4, -0.2) is 19.3 Å². The number of aliphatic carboxylic acids is 1. The van der Waals surface area contributed by atoms with Crippen LogP contribution in [0.5, 0.6) is 0 Å². The summed E-state index contributed by atoms with van der Waals surface area (Å²) >= 11 is 0. The van der Waals surface area contributed by atoms with Gasteiger partial charge in [-0.3, -0.25) is 14.8 Å². The number of nitrogens with one attached hydrogen (secondary N) is 1. The first-order chi connectivity index (χ1) is 11.3. The van der Waals surface area contributed by atoms with Crippen molar-refractivity contribution in [2.24, 2.45) is 0 Å². The second-order valence-corrected chi connectivity index (χ2v) is 6.26. The monoisotopic (exact) mass is 347 g/mol. The summed E-state index contributed by atoms with van der Waals surface area (Å²) in [6.45, 7) is 0. The largest absolute Gasteiger partial charge is 0.545 e. The molecule has 0 bridgehead atoms. The van der Waals surface area contributed by atoms with E-state index in [9.17, 15) is 28.4 Å². The Morgan fingerprint density at radius 3 is 2.29 bits per heavy atom. The fourth-order valence-electron chi connectivity index (χ4n) is 1.87. The van der Waals surface area contributed by atoms with E-state index in [-0.39, 0.29) is 5.69 Å². The molecule has 0 amide bonds. The van der Waals surface area contributed by atoms with Crippen molar-refractivity contribution in [2.75, 3.05) is 4.72 Å². The number of carboxylic acid groups (broad SMARTS) is 1. The normalized spacial score (nSPS) is 11.3. The molecule has 0 saturated carbocycles. The van der Waals surface area contributed by atoms with Gasteiger partial charge in [0.1, 0.15) is 0 Å². The number of hydrogen-bond donors (Lipinski definition) is 1. The molecule has 0 aliphatic carbocycles. The summed E-state index contributed by atoms with van der Waals surface area (Å²) in [6, 6.07) is 10.8. The van der Waals surface area contributed by atoms with E-state index in [1.54, 1.807) is 0 Å². The van der Waals surface area contributed by atoms with Gasteiger partial charge >= 0.3 is 0 Å². The molecule has 1 N–H and O–H groups in total. The molecule has 0 fully saturated rings. The zero-order chi connectivity index (χ0) is 17.7. The molecule has 0 saturated heterocycles. The highest BCUT2D eigenvalue weighted by Crippen LogP contribution is 2.25. The van der Waals surface area contributed by atoms with E-state index >= 15 is 0 Å². The summed E-state index contributed by atoms with van der Waals surface area (Å²) in [5, 5.41) is 21.3. The van der Waals surface area contributed by atoms with E-state index in [0.29, 0.717) is 5.56 Å². The lowest BCUT2D eigenvalue weighted by molar-refractivity contribution is -0.387. The van der Waals surface area contributed by atoms with Crippen LogP contribution in [0.2, 0.25) is 0 Å². The third-order valence-electron chi connectivity index (χ3n) is 2.93. The molecular weight excluding hydrogens is 336 g/mol. The van der Waals surface area contributed by atoms with Crippen molar-refractivity contribution in [3.8, 4) is 0 Å². The van der Waals surface area contributed by atoms with Crippen molar-refractivity contribution < 1.29 is 23.2 Å². The van der Waals surface area contributed by atoms with Gasteiger partial charge in [0, 0.05) is 11.8 Å². The van der Waals surface area contributed by atoms with Gasteiger partial charge in [-0.25, -0.2) is 8.42 Å². The summed E-state index contributed by atoms with van der Waals surface area (Å²) in [5.41, 5.74) is 0.171. The van der Waals surface area contributed by atoms with E-state index < -0.39 is 31.5 Å². The van der Waals surface area contributed by atoms with E-state index in [1.807, 2.05) is 0 Å². The van der Waals surface area contributed by atoms with Gasteiger partial charge in [0.15, 0.2) is 4.90 Å². The van der Waals surface area contributed by atoms with Gasteiger partial charge in [-0.1, -0.05) is 30.3 Å². The van der Waals surface area contributed by atoms with Crippen LogP contribution in [0.4, 0.5) is 11.4 Å². The summed E-state index contributed by atoms with van der Waals surface area (Å²) in [7, 11) is -4.14. The molecule has 0 aliphatic heterocycles. The van der Waals surface area contributed by atoms with Crippen LogP contribution in [0, 0.1) is 10.1 Å². The Hall–Kier alpha value is -3.20. The number of nitro benzene ring substituents is 1. The molecule has 2 aromatic rings. The predicted octanol–water partition coefficient (Wildman–Crippen LogP) is 1.16. The number of sulfonamides is 1. The Morgan fingerprint density at radius 2 is 1.71 bits per heavy atom. The average Bonchev–Trinajstić information content (AvgIpc) is 2.54. The molecule has 0 spiro atoms. The third kappa shape index (κ3) is 4.17. The number of rotatable bonds is 6. The van der Waals surface area contributed by atoms with E-state index in [0.717, 1.165) is 18.2 Å². The number of carbonyl (C=O) groups excluding carboxylic acids is 1. The molecular formula is C15H11N2O6S-. The second-order valence-electron chi connectivity index (χ2n) is 4.60. The smallest absolute Gasteiger partial charge is 0.289 e. The van der Waals surface area contributed by atoms with Crippen molar-refractivity contribution in [2.45, 2.75) is 4.90 Å². The first kappa shape index (κ1) is 17.2. The maximum absolute atomic E-state index is 12.3. The molecule has 0 aromatic heterocycles. The number of nitro groups is 1. The summed E-state index contributed by atoms with van der Waals surface area (Å²) in [6.07, 6.45) is 2.13. The number of para-hydroxylation sites is 1. The van der Waals surface area contributed by atoms with Gasteiger partial charge in [0.25, 0.3) is 15.7 Å². The molecule has 9 heteroatoms. The van der Waals surface area contributed by atoms with Crippen LogP contribution >= 0.6 is 0 Å². The summed E-state index contributed by atoms with van der Waals surface area (Å²) < 4.78 is 26.9. The van der Waals surface area contributed by atoms with E-state index in [2.05, 4.69) is 4.72 Å². The Kier molecular flexibility index (Phi) is 4.95. The SMILES string of the molecule is O=C([O-])/C=C/c1ccc(NS(=O)(=O)c2ccccc2[N+](=O)[O-])cc1. The maximum atomic E-state index is 12.3. The zero-order valence-corrected chi connectivity index (χ0v) is 12.9. The topological polar surface area (TPSA) is 129 Å². The van der Waals surface area contributed by atoms with Crippen LogP contribution in [0.25, 0.3) is 6.08 Å². The number of hydrogen-bond acceptors (Lipinski definition) is 6. The Balaban J connectivity index is 2.27. The molecule has 2 aromatic carbocycles. The molecule has 0 aliphatic rings. The van der Waals surface area contributed by atoms with Crippen LogP contribution in [0.3, 0.4) is 0 Å². The van der Waals surface area contributed by atoms with Crippen LogP contribution in [0.1, 0.15) is 5.56 Å². The molecule has 124 valence electrons. The van der Waals surface area contributed by atoms with Crippen molar-refractivity contribution in [3.05, 3.63) is 70.3 Å². The minimum absolute atomic E-state index is 0.179.